The lowest BCUT2D eigenvalue weighted by Crippen LogP contribution is -2.34. The Kier molecular flexibility index (Phi) is 10.7. The summed E-state index contributed by atoms with van der Waals surface area (Å²) in [5.41, 5.74) is 12.7. The summed E-state index contributed by atoms with van der Waals surface area (Å²) < 4.78 is 6.27. The van der Waals surface area contributed by atoms with Gasteiger partial charge in [-0.3, -0.25) is 0 Å². The first kappa shape index (κ1) is 34.0. The zero-order valence-electron chi connectivity index (χ0n) is 30.3. The van der Waals surface area contributed by atoms with Crippen LogP contribution >= 0.6 is 7.92 Å². The molecule has 0 radical (unpaired) electrons. The minimum absolute atomic E-state index is 0.178. The number of ether oxygens (including phenoxy) is 1. The fourth-order valence-corrected chi connectivity index (χ4v) is 14.1. The van der Waals surface area contributed by atoms with Crippen molar-refractivity contribution in [2.75, 3.05) is 7.11 Å². The molecule has 2 aromatic rings. The van der Waals surface area contributed by atoms with Gasteiger partial charge in [0.05, 0.1) is 7.11 Å². The Hall–Kier alpha value is -1.33. The topological polar surface area (TPSA) is 9.23 Å². The Labute approximate surface area is 273 Å². The summed E-state index contributed by atoms with van der Waals surface area (Å²) in [6.07, 6.45) is 20.8. The zero-order valence-corrected chi connectivity index (χ0v) is 31.2. The van der Waals surface area contributed by atoms with Gasteiger partial charge in [-0.25, -0.2) is 0 Å². The van der Waals surface area contributed by atoms with E-state index in [4.69, 9.17) is 4.74 Å². The molecule has 2 heteroatoms. The van der Waals surface area contributed by atoms with Crippen molar-refractivity contribution in [2.45, 2.75) is 187 Å². The standard InChI is InChI=1S/C42H65OP/c1-28-29(2)39(43-10)30(3)40(44(41(4,5)6)42(7,8)9)37(28)38-35(32-22-16-12-17-23-32)26-34(31-20-14-11-15-21-31)27-36(38)33-24-18-13-19-25-33/h26-27,31-33H,11-25H2,1-10H3. The van der Waals surface area contributed by atoms with E-state index in [1.807, 2.05) is 7.11 Å². The van der Waals surface area contributed by atoms with Crippen molar-refractivity contribution < 1.29 is 4.74 Å². The first-order valence-corrected chi connectivity index (χ1v) is 19.8. The zero-order chi connectivity index (χ0) is 31.8. The fourth-order valence-electron chi connectivity index (χ4n) is 9.82. The molecule has 3 fully saturated rings. The summed E-state index contributed by atoms with van der Waals surface area (Å²) in [6.45, 7) is 22.2. The molecule has 0 bridgehead atoms. The van der Waals surface area contributed by atoms with E-state index in [0.29, 0.717) is 11.8 Å². The highest BCUT2D eigenvalue weighted by Gasteiger charge is 2.41. The average molecular weight is 617 g/mol. The highest BCUT2D eigenvalue weighted by atomic mass is 31.1. The minimum atomic E-state index is -0.513. The van der Waals surface area contributed by atoms with E-state index in [0.717, 1.165) is 11.7 Å². The van der Waals surface area contributed by atoms with Gasteiger partial charge in [0.1, 0.15) is 5.75 Å². The van der Waals surface area contributed by atoms with Crippen LogP contribution in [-0.4, -0.2) is 17.4 Å². The van der Waals surface area contributed by atoms with Gasteiger partial charge in [-0.2, -0.15) is 0 Å². The van der Waals surface area contributed by atoms with E-state index >= 15 is 0 Å². The maximum Gasteiger partial charge on any atom is 0.125 e. The van der Waals surface area contributed by atoms with Gasteiger partial charge in [-0.1, -0.05) is 119 Å². The Balaban J connectivity index is 1.92. The van der Waals surface area contributed by atoms with Gasteiger partial charge in [0.25, 0.3) is 0 Å². The second-order valence-corrected chi connectivity index (χ2v) is 20.7. The Morgan fingerprint density at radius 3 is 1.34 bits per heavy atom. The van der Waals surface area contributed by atoms with Crippen molar-refractivity contribution in [3.8, 4) is 16.9 Å². The fraction of sp³-hybridized carbons (Fsp3) is 0.714. The lowest BCUT2D eigenvalue weighted by atomic mass is 9.71. The maximum atomic E-state index is 6.27. The van der Waals surface area contributed by atoms with Crippen LogP contribution in [0.25, 0.3) is 11.1 Å². The molecule has 3 saturated carbocycles. The largest absolute Gasteiger partial charge is 0.496 e. The second-order valence-electron chi connectivity index (χ2n) is 16.9. The highest BCUT2D eigenvalue weighted by Crippen LogP contribution is 2.62. The normalized spacial score (nSPS) is 20.0. The number of benzene rings is 2. The Morgan fingerprint density at radius 1 is 0.545 bits per heavy atom. The molecule has 0 amide bonds. The van der Waals surface area contributed by atoms with Gasteiger partial charge < -0.3 is 4.74 Å². The molecule has 3 aliphatic rings. The molecule has 0 heterocycles. The van der Waals surface area contributed by atoms with Gasteiger partial charge in [0, 0.05) is 0 Å². The molecular formula is C42H65OP. The Morgan fingerprint density at radius 2 is 0.955 bits per heavy atom. The second kappa shape index (κ2) is 13.8. The molecule has 2 aromatic carbocycles. The van der Waals surface area contributed by atoms with Crippen LogP contribution in [-0.2, 0) is 0 Å². The molecule has 44 heavy (non-hydrogen) atoms. The van der Waals surface area contributed by atoms with Gasteiger partial charge >= 0.3 is 0 Å². The summed E-state index contributed by atoms with van der Waals surface area (Å²) in [5.74, 6) is 3.26. The molecule has 0 unspecified atom stereocenters. The highest BCUT2D eigenvalue weighted by molar-refractivity contribution is 7.69. The minimum Gasteiger partial charge on any atom is -0.496 e. The van der Waals surface area contributed by atoms with Crippen LogP contribution in [0.3, 0.4) is 0 Å². The lowest BCUT2D eigenvalue weighted by Gasteiger charge is -2.45. The van der Waals surface area contributed by atoms with Crippen molar-refractivity contribution in [3.05, 3.63) is 45.5 Å². The van der Waals surface area contributed by atoms with E-state index in [-0.39, 0.29) is 10.3 Å². The molecule has 0 N–H and O–H groups in total. The predicted molar refractivity (Wildman–Crippen MR) is 196 cm³/mol. The monoisotopic (exact) mass is 616 g/mol. The maximum absolute atomic E-state index is 6.27. The quantitative estimate of drug-likeness (QED) is 0.293. The van der Waals surface area contributed by atoms with Crippen molar-refractivity contribution in [3.63, 3.8) is 0 Å². The molecule has 5 rings (SSSR count). The third-order valence-corrected chi connectivity index (χ3v) is 15.3. The van der Waals surface area contributed by atoms with Crippen molar-refractivity contribution >= 4 is 13.2 Å². The van der Waals surface area contributed by atoms with Crippen molar-refractivity contribution in [1.29, 1.82) is 0 Å². The van der Waals surface area contributed by atoms with E-state index in [9.17, 15) is 0 Å². The summed E-state index contributed by atoms with van der Waals surface area (Å²) in [4.78, 5) is 0. The van der Waals surface area contributed by atoms with E-state index < -0.39 is 7.92 Å². The summed E-state index contributed by atoms with van der Waals surface area (Å²) in [6, 6.07) is 5.59. The van der Waals surface area contributed by atoms with Gasteiger partial charge in [-0.05, 0) is 137 Å². The van der Waals surface area contributed by atoms with Gasteiger partial charge in [0.15, 0.2) is 0 Å². The average Bonchev–Trinajstić information content (AvgIpc) is 3.00. The van der Waals surface area contributed by atoms with Gasteiger partial charge in [-0.15, -0.1) is 0 Å². The molecule has 0 aliphatic heterocycles. The van der Waals surface area contributed by atoms with Crippen LogP contribution in [0.1, 0.15) is 189 Å². The molecule has 0 saturated heterocycles. The van der Waals surface area contributed by atoms with Crippen LogP contribution in [0.5, 0.6) is 5.75 Å². The van der Waals surface area contributed by atoms with Crippen molar-refractivity contribution in [1.82, 2.24) is 0 Å². The van der Waals surface area contributed by atoms with Gasteiger partial charge in [0.2, 0.25) is 0 Å². The predicted octanol–water partition coefficient (Wildman–Crippen LogP) is 13.1. The molecule has 0 spiro atoms. The number of hydrogen-bond donors (Lipinski definition) is 0. The van der Waals surface area contributed by atoms with Crippen LogP contribution in [0, 0.1) is 20.8 Å². The van der Waals surface area contributed by atoms with E-state index in [1.165, 1.54) is 113 Å². The number of hydrogen-bond acceptors (Lipinski definition) is 1. The first-order valence-electron chi connectivity index (χ1n) is 18.5. The molecule has 244 valence electrons. The SMILES string of the molecule is COc1c(C)c(C)c(-c2c(C3CCCCC3)cc(C3CCCCC3)cc2C2CCCCC2)c(P(C(C)(C)C)C(C)(C)C)c1C. The molecule has 0 atom stereocenters. The molecule has 0 aromatic heterocycles. The summed E-state index contributed by atoms with van der Waals surface area (Å²) in [5, 5.41) is 2.00. The van der Waals surface area contributed by atoms with Crippen LogP contribution in [0.4, 0.5) is 0 Å². The molecule has 3 aliphatic carbocycles. The van der Waals surface area contributed by atoms with Crippen LogP contribution in [0.2, 0.25) is 0 Å². The van der Waals surface area contributed by atoms with Crippen LogP contribution in [0.15, 0.2) is 12.1 Å². The van der Waals surface area contributed by atoms with Crippen molar-refractivity contribution in [2.24, 2.45) is 0 Å². The first-order chi connectivity index (χ1) is 20.8. The van der Waals surface area contributed by atoms with E-state index in [1.54, 1.807) is 33.1 Å². The smallest absolute Gasteiger partial charge is 0.125 e. The molecular weight excluding hydrogens is 551 g/mol. The van der Waals surface area contributed by atoms with E-state index in [2.05, 4.69) is 74.4 Å². The number of rotatable bonds is 6. The van der Waals surface area contributed by atoms with Crippen LogP contribution < -0.4 is 10.0 Å². The molecule has 1 nitrogen and oxygen atoms in total. The third kappa shape index (κ3) is 6.85. The number of methoxy groups -OCH3 is 1. The lowest BCUT2D eigenvalue weighted by molar-refractivity contribution is 0.408. The summed E-state index contributed by atoms with van der Waals surface area (Å²) >= 11 is 0. The third-order valence-electron chi connectivity index (χ3n) is 11.6. The Bertz CT molecular complexity index is 1230. The summed E-state index contributed by atoms with van der Waals surface area (Å²) in [7, 11) is 1.38.